The van der Waals surface area contributed by atoms with Crippen molar-refractivity contribution in [3.05, 3.63) is 0 Å². The van der Waals surface area contributed by atoms with Gasteiger partial charge in [0.15, 0.2) is 0 Å². The summed E-state index contributed by atoms with van der Waals surface area (Å²) in [5.74, 6) is 1.84. The van der Waals surface area contributed by atoms with E-state index >= 15 is 0 Å². The molecule has 1 atom stereocenters. The fourth-order valence-electron chi connectivity index (χ4n) is 2.48. The van der Waals surface area contributed by atoms with Gasteiger partial charge >= 0.3 is 0 Å². The lowest BCUT2D eigenvalue weighted by atomic mass is 9.73. The van der Waals surface area contributed by atoms with Crippen LogP contribution in [-0.4, -0.2) is 25.3 Å². The van der Waals surface area contributed by atoms with E-state index in [0.717, 1.165) is 31.0 Å². The molecule has 2 rings (SSSR count). The molecule has 0 bridgehead atoms. The van der Waals surface area contributed by atoms with Gasteiger partial charge in [0.1, 0.15) is 0 Å². The summed E-state index contributed by atoms with van der Waals surface area (Å²) >= 11 is 0. The second kappa shape index (κ2) is 4.63. The Kier molecular flexibility index (Phi) is 3.45. The Bertz CT molecular complexity index is 169. The van der Waals surface area contributed by atoms with Crippen LogP contribution in [0.3, 0.4) is 0 Å². The molecule has 14 heavy (non-hydrogen) atoms. The lowest BCUT2D eigenvalue weighted by Gasteiger charge is -2.39. The quantitative estimate of drug-likeness (QED) is 0.746. The summed E-state index contributed by atoms with van der Waals surface area (Å²) in [5.41, 5.74) is 0. The van der Waals surface area contributed by atoms with Crippen LogP contribution in [0.4, 0.5) is 0 Å². The van der Waals surface area contributed by atoms with Gasteiger partial charge in [-0.25, -0.2) is 0 Å². The van der Waals surface area contributed by atoms with Gasteiger partial charge in [-0.05, 0) is 37.5 Å². The van der Waals surface area contributed by atoms with Crippen LogP contribution in [0.5, 0.6) is 0 Å². The molecule has 1 saturated carbocycles. The van der Waals surface area contributed by atoms with E-state index in [2.05, 4.69) is 19.2 Å². The van der Waals surface area contributed by atoms with Crippen LogP contribution in [0.25, 0.3) is 0 Å². The Morgan fingerprint density at radius 2 is 2.14 bits per heavy atom. The average Bonchev–Trinajstić information content (AvgIpc) is 2.52. The van der Waals surface area contributed by atoms with Crippen LogP contribution in [0, 0.1) is 11.8 Å². The highest BCUT2D eigenvalue weighted by Crippen LogP contribution is 2.33. The molecule has 1 unspecified atom stereocenters. The number of hydrogen-bond donors (Lipinski definition) is 1. The van der Waals surface area contributed by atoms with Crippen molar-refractivity contribution in [2.45, 2.75) is 51.7 Å². The van der Waals surface area contributed by atoms with Crippen molar-refractivity contribution in [2.75, 3.05) is 13.2 Å². The first kappa shape index (κ1) is 10.4. The monoisotopic (exact) mass is 197 g/mol. The Labute approximate surface area is 87.4 Å². The van der Waals surface area contributed by atoms with E-state index in [1.807, 2.05) is 0 Å². The third-order valence-electron chi connectivity index (χ3n) is 3.78. The van der Waals surface area contributed by atoms with Crippen LogP contribution in [0.15, 0.2) is 0 Å². The van der Waals surface area contributed by atoms with Crippen molar-refractivity contribution < 1.29 is 4.74 Å². The molecular weight excluding hydrogens is 174 g/mol. The molecule has 1 aliphatic heterocycles. The van der Waals surface area contributed by atoms with Gasteiger partial charge in [0.25, 0.3) is 0 Å². The molecule has 0 spiro atoms. The molecule has 1 saturated heterocycles. The summed E-state index contributed by atoms with van der Waals surface area (Å²) in [6, 6.07) is 0.784. The maximum atomic E-state index is 5.58. The van der Waals surface area contributed by atoms with Crippen LogP contribution in [0.2, 0.25) is 0 Å². The summed E-state index contributed by atoms with van der Waals surface area (Å²) in [6.07, 6.45) is 5.78. The van der Waals surface area contributed by atoms with Gasteiger partial charge in [0.2, 0.25) is 0 Å². The molecule has 1 aliphatic carbocycles. The van der Waals surface area contributed by atoms with Crippen molar-refractivity contribution in [3.63, 3.8) is 0 Å². The predicted molar refractivity (Wildman–Crippen MR) is 58.3 cm³/mol. The molecule has 0 aromatic rings. The zero-order valence-electron chi connectivity index (χ0n) is 9.46. The van der Waals surface area contributed by atoms with Crippen molar-refractivity contribution in [2.24, 2.45) is 11.8 Å². The van der Waals surface area contributed by atoms with Gasteiger partial charge in [-0.15, -0.1) is 0 Å². The van der Waals surface area contributed by atoms with Crippen LogP contribution < -0.4 is 5.32 Å². The second-order valence-electron chi connectivity index (χ2n) is 5.22. The third-order valence-corrected chi connectivity index (χ3v) is 3.78. The predicted octanol–water partition coefficient (Wildman–Crippen LogP) is 2.19. The highest BCUT2D eigenvalue weighted by atomic mass is 16.5. The molecule has 2 fully saturated rings. The van der Waals surface area contributed by atoms with Crippen molar-refractivity contribution in [3.8, 4) is 0 Å². The molecule has 0 radical (unpaired) electrons. The van der Waals surface area contributed by atoms with Crippen LogP contribution in [-0.2, 0) is 4.74 Å². The Hall–Kier alpha value is -0.0800. The molecular formula is C12H23NO. The third kappa shape index (κ3) is 2.48. The lowest BCUT2D eigenvalue weighted by Crippen LogP contribution is -2.45. The molecule has 2 nitrogen and oxygen atoms in total. The van der Waals surface area contributed by atoms with Crippen molar-refractivity contribution in [1.29, 1.82) is 0 Å². The summed E-state index contributed by atoms with van der Waals surface area (Å²) in [4.78, 5) is 0. The molecule has 2 aliphatic rings. The minimum atomic E-state index is 0.507. The molecule has 82 valence electrons. The number of rotatable bonds is 4. The van der Waals surface area contributed by atoms with E-state index in [9.17, 15) is 0 Å². The van der Waals surface area contributed by atoms with Crippen LogP contribution >= 0.6 is 0 Å². The Balaban J connectivity index is 1.55. The summed E-state index contributed by atoms with van der Waals surface area (Å²) in [5, 5.41) is 3.62. The Morgan fingerprint density at radius 3 is 2.71 bits per heavy atom. The van der Waals surface area contributed by atoms with Gasteiger partial charge in [0, 0.05) is 19.2 Å². The van der Waals surface area contributed by atoms with Crippen LogP contribution in [0.1, 0.15) is 39.5 Å². The zero-order valence-corrected chi connectivity index (χ0v) is 9.46. The van der Waals surface area contributed by atoms with Crippen molar-refractivity contribution in [1.82, 2.24) is 5.32 Å². The van der Waals surface area contributed by atoms with E-state index in [1.54, 1.807) is 0 Å². The summed E-state index contributed by atoms with van der Waals surface area (Å²) in [7, 11) is 0. The number of nitrogens with one attached hydrogen (secondary N) is 1. The minimum absolute atomic E-state index is 0.507. The van der Waals surface area contributed by atoms with Gasteiger partial charge in [-0.1, -0.05) is 13.8 Å². The molecule has 1 heterocycles. The SMILES string of the molecule is CC(C)C1CC(NCC2CCCO2)C1. The first-order chi connectivity index (χ1) is 6.75. The minimum Gasteiger partial charge on any atom is -0.377 e. The first-order valence-corrected chi connectivity index (χ1v) is 6.10. The maximum absolute atomic E-state index is 5.58. The van der Waals surface area contributed by atoms with E-state index in [-0.39, 0.29) is 0 Å². The molecule has 0 amide bonds. The van der Waals surface area contributed by atoms with E-state index in [1.165, 1.54) is 25.7 Å². The van der Waals surface area contributed by atoms with Gasteiger partial charge in [0.05, 0.1) is 6.10 Å². The average molecular weight is 197 g/mol. The highest BCUT2D eigenvalue weighted by Gasteiger charge is 2.31. The molecule has 0 aromatic heterocycles. The number of hydrogen-bond acceptors (Lipinski definition) is 2. The highest BCUT2D eigenvalue weighted by molar-refractivity contribution is 4.87. The van der Waals surface area contributed by atoms with E-state index in [0.29, 0.717) is 6.10 Å². The molecule has 2 heteroatoms. The van der Waals surface area contributed by atoms with E-state index < -0.39 is 0 Å². The number of ether oxygens (including phenoxy) is 1. The summed E-state index contributed by atoms with van der Waals surface area (Å²) in [6.45, 7) is 6.73. The van der Waals surface area contributed by atoms with Gasteiger partial charge in [-0.3, -0.25) is 0 Å². The first-order valence-electron chi connectivity index (χ1n) is 6.10. The zero-order chi connectivity index (χ0) is 9.97. The largest absolute Gasteiger partial charge is 0.377 e. The normalized spacial score (nSPS) is 37.5. The molecule has 0 aromatic carbocycles. The lowest BCUT2D eigenvalue weighted by molar-refractivity contribution is 0.0930. The standard InChI is InChI=1S/C12H23NO/c1-9(2)10-6-11(7-10)13-8-12-4-3-5-14-12/h9-13H,3-8H2,1-2H3. The smallest absolute Gasteiger partial charge is 0.0700 e. The fourth-order valence-corrected chi connectivity index (χ4v) is 2.48. The summed E-state index contributed by atoms with van der Waals surface area (Å²) < 4.78 is 5.58. The van der Waals surface area contributed by atoms with Gasteiger partial charge < -0.3 is 10.1 Å². The maximum Gasteiger partial charge on any atom is 0.0700 e. The van der Waals surface area contributed by atoms with Gasteiger partial charge in [-0.2, -0.15) is 0 Å². The van der Waals surface area contributed by atoms with Crippen molar-refractivity contribution >= 4 is 0 Å². The molecule has 1 N–H and O–H groups in total. The topological polar surface area (TPSA) is 21.3 Å². The second-order valence-corrected chi connectivity index (χ2v) is 5.22. The fraction of sp³-hybridized carbons (Fsp3) is 1.00. The van der Waals surface area contributed by atoms with E-state index in [4.69, 9.17) is 4.74 Å². The Morgan fingerprint density at radius 1 is 1.36 bits per heavy atom.